The van der Waals surface area contributed by atoms with Crippen LogP contribution >= 0.6 is 0 Å². The van der Waals surface area contributed by atoms with Crippen LogP contribution in [0.15, 0.2) is 24.3 Å². The minimum absolute atomic E-state index is 0.274. The molecule has 0 aliphatic rings. The van der Waals surface area contributed by atoms with Crippen LogP contribution in [0.4, 0.5) is 23.2 Å². The highest BCUT2D eigenvalue weighted by molar-refractivity contribution is 5.93. The van der Waals surface area contributed by atoms with Gasteiger partial charge in [-0.2, -0.15) is 8.78 Å². The Morgan fingerprint density at radius 3 is 2.67 bits per heavy atom. The number of rotatable bonds is 7. The second-order valence-electron chi connectivity index (χ2n) is 4.41. The topological polar surface area (TPSA) is 64.3 Å². The van der Waals surface area contributed by atoms with Crippen LogP contribution in [0.2, 0.25) is 0 Å². The zero-order valence-electron chi connectivity index (χ0n) is 11.3. The summed E-state index contributed by atoms with van der Waals surface area (Å²) in [6.07, 6.45) is -5.13. The van der Waals surface area contributed by atoms with Crippen molar-refractivity contribution in [3.05, 3.63) is 29.8 Å². The number of carbonyl (C=O) groups excluding carboxylic acids is 1. The van der Waals surface area contributed by atoms with E-state index in [1.807, 2.05) is 0 Å². The Morgan fingerprint density at radius 1 is 1.43 bits per heavy atom. The fourth-order valence-electron chi connectivity index (χ4n) is 1.39. The van der Waals surface area contributed by atoms with Crippen LogP contribution in [-0.4, -0.2) is 31.0 Å². The number of nitrogens with two attached hydrogens (primary N) is 1. The van der Waals surface area contributed by atoms with Crippen molar-refractivity contribution in [2.45, 2.75) is 31.9 Å². The van der Waals surface area contributed by atoms with Crippen molar-refractivity contribution in [2.75, 3.05) is 11.9 Å². The highest BCUT2D eigenvalue weighted by atomic mass is 19.3. The van der Waals surface area contributed by atoms with E-state index in [-0.39, 0.29) is 6.54 Å². The van der Waals surface area contributed by atoms with E-state index >= 15 is 0 Å². The zero-order chi connectivity index (χ0) is 16.0. The van der Waals surface area contributed by atoms with Crippen molar-refractivity contribution in [2.24, 2.45) is 5.73 Å². The number of anilines is 1. The number of alkyl halides is 4. The first kappa shape index (κ1) is 17.4. The molecule has 0 heterocycles. The lowest BCUT2D eigenvalue weighted by Crippen LogP contribution is -2.37. The molecule has 0 fully saturated rings. The Kier molecular flexibility index (Phi) is 6.10. The first-order chi connectivity index (χ1) is 9.76. The van der Waals surface area contributed by atoms with Crippen molar-refractivity contribution in [1.82, 2.24) is 0 Å². The standard InChI is InChI=1S/C13H16F4N2O2/c1-8(21-7-13(16,17)12(14)15)11(20)19-10-4-2-3-9(5-10)6-18/h2-5,8,12H,6-7,18H2,1H3,(H,19,20). The summed E-state index contributed by atoms with van der Waals surface area (Å²) < 4.78 is 53.7. The third kappa shape index (κ3) is 5.31. The minimum Gasteiger partial charge on any atom is -0.362 e. The van der Waals surface area contributed by atoms with E-state index < -0.39 is 31.0 Å². The average Bonchev–Trinajstić information content (AvgIpc) is 2.44. The predicted molar refractivity (Wildman–Crippen MR) is 69.3 cm³/mol. The number of carbonyl (C=O) groups is 1. The normalized spacial score (nSPS) is 13.3. The van der Waals surface area contributed by atoms with Gasteiger partial charge in [-0.1, -0.05) is 12.1 Å². The lowest BCUT2D eigenvalue weighted by atomic mass is 10.2. The van der Waals surface area contributed by atoms with E-state index in [0.29, 0.717) is 5.69 Å². The quantitative estimate of drug-likeness (QED) is 0.760. The molecule has 4 nitrogen and oxygen atoms in total. The van der Waals surface area contributed by atoms with Crippen LogP contribution < -0.4 is 11.1 Å². The largest absolute Gasteiger partial charge is 0.362 e. The fourth-order valence-corrected chi connectivity index (χ4v) is 1.39. The number of amides is 1. The second kappa shape index (κ2) is 7.37. The van der Waals surface area contributed by atoms with E-state index in [9.17, 15) is 22.4 Å². The van der Waals surface area contributed by atoms with Gasteiger partial charge in [0.1, 0.15) is 12.7 Å². The molecule has 0 bridgehead atoms. The maximum atomic E-state index is 12.7. The summed E-state index contributed by atoms with van der Waals surface area (Å²) >= 11 is 0. The smallest absolute Gasteiger partial charge is 0.330 e. The lowest BCUT2D eigenvalue weighted by Gasteiger charge is -2.19. The molecule has 0 radical (unpaired) electrons. The highest BCUT2D eigenvalue weighted by Crippen LogP contribution is 2.23. The van der Waals surface area contributed by atoms with Crippen LogP contribution in [0.5, 0.6) is 0 Å². The van der Waals surface area contributed by atoms with Gasteiger partial charge in [-0.15, -0.1) is 0 Å². The van der Waals surface area contributed by atoms with Crippen LogP contribution in [-0.2, 0) is 16.1 Å². The van der Waals surface area contributed by atoms with Gasteiger partial charge in [-0.05, 0) is 24.6 Å². The summed E-state index contributed by atoms with van der Waals surface area (Å²) in [4.78, 5) is 11.7. The van der Waals surface area contributed by atoms with Crippen molar-refractivity contribution < 1.29 is 27.1 Å². The number of hydrogen-bond donors (Lipinski definition) is 2. The first-order valence-corrected chi connectivity index (χ1v) is 6.13. The number of hydrogen-bond acceptors (Lipinski definition) is 3. The van der Waals surface area contributed by atoms with Crippen molar-refractivity contribution >= 4 is 11.6 Å². The molecule has 3 N–H and O–H groups in total. The van der Waals surface area contributed by atoms with Crippen LogP contribution in [0.1, 0.15) is 12.5 Å². The summed E-state index contributed by atoms with van der Waals surface area (Å²) in [6.45, 7) is -0.0534. The Balaban J connectivity index is 2.55. The van der Waals surface area contributed by atoms with E-state index in [1.165, 1.54) is 6.92 Å². The van der Waals surface area contributed by atoms with Crippen LogP contribution in [0.3, 0.4) is 0 Å². The minimum atomic E-state index is -4.28. The molecular formula is C13H16F4N2O2. The summed E-state index contributed by atoms with van der Waals surface area (Å²) in [7, 11) is 0. The van der Waals surface area contributed by atoms with Gasteiger partial charge >= 0.3 is 12.3 Å². The summed E-state index contributed by atoms with van der Waals surface area (Å²) in [6, 6.07) is 6.60. The third-order valence-corrected chi connectivity index (χ3v) is 2.64. The number of ether oxygens (including phenoxy) is 1. The molecule has 8 heteroatoms. The number of halogens is 4. The Bertz CT molecular complexity index is 483. The molecule has 0 saturated carbocycles. The van der Waals surface area contributed by atoms with Gasteiger partial charge in [0, 0.05) is 12.2 Å². The second-order valence-corrected chi connectivity index (χ2v) is 4.41. The summed E-state index contributed by atoms with van der Waals surface area (Å²) in [5.74, 6) is -5.00. The molecule has 1 aromatic rings. The van der Waals surface area contributed by atoms with Gasteiger partial charge in [-0.3, -0.25) is 4.79 Å². The molecule has 1 rings (SSSR count). The molecule has 0 saturated heterocycles. The third-order valence-electron chi connectivity index (χ3n) is 2.64. The van der Waals surface area contributed by atoms with Crippen molar-refractivity contribution in [1.29, 1.82) is 0 Å². The van der Waals surface area contributed by atoms with E-state index in [1.54, 1.807) is 24.3 Å². The molecule has 0 aliphatic carbocycles. The molecular weight excluding hydrogens is 292 g/mol. The Labute approximate surface area is 119 Å². The van der Waals surface area contributed by atoms with Gasteiger partial charge in [0.2, 0.25) is 0 Å². The highest BCUT2D eigenvalue weighted by Gasteiger charge is 2.41. The predicted octanol–water partition coefficient (Wildman–Crippen LogP) is 2.39. The Morgan fingerprint density at radius 2 is 2.10 bits per heavy atom. The molecule has 1 atom stereocenters. The van der Waals surface area contributed by atoms with E-state index in [4.69, 9.17) is 5.73 Å². The Hall–Kier alpha value is -1.67. The van der Waals surface area contributed by atoms with Gasteiger partial charge in [0.05, 0.1) is 0 Å². The van der Waals surface area contributed by atoms with Crippen molar-refractivity contribution in [3.63, 3.8) is 0 Å². The van der Waals surface area contributed by atoms with Gasteiger partial charge < -0.3 is 15.8 Å². The molecule has 0 aromatic heterocycles. The molecule has 0 aliphatic heterocycles. The van der Waals surface area contributed by atoms with E-state index in [0.717, 1.165) is 5.56 Å². The van der Waals surface area contributed by atoms with E-state index in [2.05, 4.69) is 10.1 Å². The van der Waals surface area contributed by atoms with Gasteiger partial charge in [-0.25, -0.2) is 8.78 Å². The molecule has 118 valence electrons. The van der Waals surface area contributed by atoms with Gasteiger partial charge in [0.25, 0.3) is 5.91 Å². The molecule has 1 aromatic carbocycles. The SMILES string of the molecule is CC(OCC(F)(F)C(F)F)C(=O)Nc1cccc(CN)c1. The van der Waals surface area contributed by atoms with Crippen molar-refractivity contribution in [3.8, 4) is 0 Å². The lowest BCUT2D eigenvalue weighted by molar-refractivity contribution is -0.176. The molecule has 1 unspecified atom stereocenters. The maximum absolute atomic E-state index is 12.7. The average molecular weight is 308 g/mol. The summed E-state index contributed by atoms with van der Waals surface area (Å²) in [5.41, 5.74) is 6.63. The fraction of sp³-hybridized carbons (Fsp3) is 0.462. The molecule has 21 heavy (non-hydrogen) atoms. The van der Waals surface area contributed by atoms with Crippen LogP contribution in [0.25, 0.3) is 0 Å². The monoisotopic (exact) mass is 308 g/mol. The van der Waals surface area contributed by atoms with Gasteiger partial charge in [0.15, 0.2) is 0 Å². The first-order valence-electron chi connectivity index (χ1n) is 6.13. The number of benzene rings is 1. The zero-order valence-corrected chi connectivity index (χ0v) is 11.3. The summed E-state index contributed by atoms with van der Waals surface area (Å²) in [5, 5.41) is 2.43. The molecule has 1 amide bonds. The van der Waals surface area contributed by atoms with Crippen LogP contribution in [0, 0.1) is 0 Å². The number of nitrogens with one attached hydrogen (secondary N) is 1. The maximum Gasteiger partial charge on any atom is 0.330 e. The molecule has 0 spiro atoms.